The van der Waals surface area contributed by atoms with Gasteiger partial charge >= 0.3 is 0 Å². The molecule has 2 aliphatic heterocycles. The van der Waals surface area contributed by atoms with Crippen LogP contribution in [0.1, 0.15) is 21.7 Å². The maximum absolute atomic E-state index is 12.7. The molecule has 7 nitrogen and oxygen atoms in total. The molecule has 0 aliphatic carbocycles. The summed E-state index contributed by atoms with van der Waals surface area (Å²) < 4.78 is 13.2. The van der Waals surface area contributed by atoms with Gasteiger partial charge in [0.05, 0.1) is 30.7 Å². The Morgan fingerprint density at radius 2 is 2.24 bits per heavy atom. The third kappa shape index (κ3) is 3.34. The number of rotatable bonds is 3. The van der Waals surface area contributed by atoms with Crippen LogP contribution in [-0.2, 0) is 18.3 Å². The highest BCUT2D eigenvalue weighted by atomic mass is 16.5. The lowest BCUT2D eigenvalue weighted by molar-refractivity contribution is 0.0483. The minimum Gasteiger partial charge on any atom is -0.469 e. The Hall–Kier alpha value is -2.12. The first-order chi connectivity index (χ1) is 12.1. The quantitative estimate of drug-likeness (QED) is 0.840. The summed E-state index contributed by atoms with van der Waals surface area (Å²) in [6.07, 6.45) is 5.66. The molecule has 0 radical (unpaired) electrons. The van der Waals surface area contributed by atoms with Gasteiger partial charge in [0.25, 0.3) is 5.91 Å². The molecular weight excluding hydrogens is 320 g/mol. The van der Waals surface area contributed by atoms with E-state index >= 15 is 0 Å². The van der Waals surface area contributed by atoms with Gasteiger partial charge in [0.1, 0.15) is 5.76 Å². The van der Waals surface area contributed by atoms with Crippen molar-refractivity contribution >= 4 is 5.91 Å². The van der Waals surface area contributed by atoms with Crippen LogP contribution in [0.2, 0.25) is 0 Å². The van der Waals surface area contributed by atoms with Crippen LogP contribution in [0.4, 0.5) is 0 Å². The lowest BCUT2D eigenvalue weighted by Gasteiger charge is -2.22. The second-order valence-corrected chi connectivity index (χ2v) is 7.03. The normalized spacial score (nSPS) is 24.3. The molecule has 1 amide bonds. The summed E-state index contributed by atoms with van der Waals surface area (Å²) in [7, 11) is 1.93. The van der Waals surface area contributed by atoms with Gasteiger partial charge in [-0.3, -0.25) is 14.4 Å². The summed E-state index contributed by atoms with van der Waals surface area (Å²) >= 11 is 0. The number of carbonyl (C=O) groups is 1. The molecule has 0 spiro atoms. The molecular formula is C18H24N4O3. The predicted molar refractivity (Wildman–Crippen MR) is 91.1 cm³/mol. The third-order valence-corrected chi connectivity index (χ3v) is 5.15. The Kier molecular flexibility index (Phi) is 4.35. The highest BCUT2D eigenvalue weighted by Crippen LogP contribution is 2.26. The van der Waals surface area contributed by atoms with Crippen LogP contribution in [0.5, 0.6) is 0 Å². The molecule has 0 bridgehead atoms. The van der Waals surface area contributed by atoms with Crippen molar-refractivity contribution in [1.82, 2.24) is 19.6 Å². The predicted octanol–water partition coefficient (Wildman–Crippen LogP) is 1.29. The molecule has 4 heterocycles. The molecule has 2 aromatic rings. The fourth-order valence-electron chi connectivity index (χ4n) is 3.86. The van der Waals surface area contributed by atoms with Crippen molar-refractivity contribution in [2.45, 2.75) is 19.6 Å². The first-order valence-corrected chi connectivity index (χ1v) is 8.75. The second kappa shape index (κ2) is 6.65. The van der Waals surface area contributed by atoms with Crippen molar-refractivity contribution in [3.63, 3.8) is 0 Å². The summed E-state index contributed by atoms with van der Waals surface area (Å²) in [5.41, 5.74) is 1.87. The highest BCUT2D eigenvalue weighted by molar-refractivity contribution is 5.95. The molecule has 2 fully saturated rings. The summed E-state index contributed by atoms with van der Waals surface area (Å²) in [6, 6.07) is 1.75. The van der Waals surface area contributed by atoms with Crippen LogP contribution in [-0.4, -0.2) is 64.4 Å². The Morgan fingerprint density at radius 3 is 2.96 bits per heavy atom. The van der Waals surface area contributed by atoms with E-state index in [1.54, 1.807) is 12.3 Å². The van der Waals surface area contributed by atoms with Crippen LogP contribution in [0.15, 0.2) is 29.1 Å². The van der Waals surface area contributed by atoms with E-state index in [4.69, 9.17) is 9.15 Å². The Labute approximate surface area is 147 Å². The lowest BCUT2D eigenvalue weighted by Crippen LogP contribution is -2.33. The van der Waals surface area contributed by atoms with E-state index in [0.717, 1.165) is 26.2 Å². The summed E-state index contributed by atoms with van der Waals surface area (Å²) in [5, 5.41) is 4.24. The van der Waals surface area contributed by atoms with Crippen molar-refractivity contribution in [3.8, 4) is 0 Å². The number of nitrogens with zero attached hydrogens (tertiary/aromatic N) is 4. The largest absolute Gasteiger partial charge is 0.469 e. The van der Waals surface area contributed by atoms with Crippen LogP contribution < -0.4 is 0 Å². The fourth-order valence-corrected chi connectivity index (χ4v) is 3.86. The molecule has 0 unspecified atom stereocenters. The van der Waals surface area contributed by atoms with Crippen LogP contribution in [0.25, 0.3) is 0 Å². The number of aromatic nitrogens is 2. The number of fused-ring (bicyclic) bond motifs is 1. The molecule has 0 aromatic carbocycles. The first kappa shape index (κ1) is 16.4. The van der Waals surface area contributed by atoms with Crippen molar-refractivity contribution < 1.29 is 13.9 Å². The second-order valence-electron chi connectivity index (χ2n) is 7.03. The van der Waals surface area contributed by atoms with Gasteiger partial charge in [0, 0.05) is 57.4 Å². The maximum Gasteiger partial charge on any atom is 0.257 e. The van der Waals surface area contributed by atoms with Crippen molar-refractivity contribution in [2.75, 3.05) is 32.8 Å². The average molecular weight is 344 g/mol. The lowest BCUT2D eigenvalue weighted by atomic mass is 10.1. The minimum absolute atomic E-state index is 0.0433. The SMILES string of the molecule is Cc1occc1C(=O)N1C[C@@H]2CN(Cc3cnn(C)c3)CCO[C@@H]2C1. The topological polar surface area (TPSA) is 63.7 Å². The summed E-state index contributed by atoms with van der Waals surface area (Å²) in [4.78, 5) is 17.0. The molecule has 2 saturated heterocycles. The zero-order valence-electron chi connectivity index (χ0n) is 14.7. The molecule has 7 heteroatoms. The zero-order chi connectivity index (χ0) is 17.4. The number of furan rings is 1. The van der Waals surface area contributed by atoms with Gasteiger partial charge in [-0.2, -0.15) is 5.10 Å². The number of likely N-dealkylation sites (tertiary alicyclic amines) is 1. The minimum atomic E-state index is 0.0433. The number of aryl methyl sites for hydroxylation is 2. The highest BCUT2D eigenvalue weighted by Gasteiger charge is 2.39. The monoisotopic (exact) mass is 344 g/mol. The molecule has 4 rings (SSSR count). The summed E-state index contributed by atoms with van der Waals surface area (Å²) in [5.74, 6) is 1.06. The van der Waals surface area contributed by atoms with Crippen molar-refractivity contribution in [3.05, 3.63) is 41.6 Å². The number of ether oxygens (including phenoxy) is 1. The zero-order valence-corrected chi connectivity index (χ0v) is 14.7. The smallest absolute Gasteiger partial charge is 0.257 e. The van der Waals surface area contributed by atoms with Gasteiger partial charge in [0.2, 0.25) is 0 Å². The average Bonchev–Trinajstić information content (AvgIpc) is 3.26. The van der Waals surface area contributed by atoms with Gasteiger partial charge in [-0.05, 0) is 13.0 Å². The Balaban J connectivity index is 1.42. The van der Waals surface area contributed by atoms with Crippen molar-refractivity contribution in [1.29, 1.82) is 0 Å². The molecule has 2 aliphatic rings. The van der Waals surface area contributed by atoms with Gasteiger partial charge < -0.3 is 14.1 Å². The van der Waals surface area contributed by atoms with Crippen LogP contribution in [0.3, 0.4) is 0 Å². The standard InChI is InChI=1S/C18H24N4O3/c1-13-16(3-5-24-13)18(23)22-11-15-10-21(4-6-25-17(15)12-22)9-14-7-19-20(2)8-14/h3,5,7-8,15,17H,4,6,9-12H2,1-2H3/t15-,17+/m0/s1. The molecule has 2 aromatic heterocycles. The third-order valence-electron chi connectivity index (χ3n) is 5.15. The number of hydrogen-bond acceptors (Lipinski definition) is 5. The van der Waals surface area contributed by atoms with E-state index in [0.29, 0.717) is 30.4 Å². The van der Waals surface area contributed by atoms with E-state index in [2.05, 4.69) is 16.2 Å². The molecule has 25 heavy (non-hydrogen) atoms. The first-order valence-electron chi connectivity index (χ1n) is 8.75. The van der Waals surface area contributed by atoms with Crippen LogP contribution in [0, 0.1) is 12.8 Å². The van der Waals surface area contributed by atoms with Crippen molar-refractivity contribution in [2.24, 2.45) is 13.0 Å². The Morgan fingerprint density at radius 1 is 1.36 bits per heavy atom. The van der Waals surface area contributed by atoms with Crippen LogP contribution >= 0.6 is 0 Å². The molecule has 0 N–H and O–H groups in total. The van der Waals surface area contributed by atoms with E-state index in [1.807, 2.05) is 29.7 Å². The number of carbonyl (C=O) groups excluding carboxylic acids is 1. The molecule has 0 saturated carbocycles. The molecule has 134 valence electrons. The number of amides is 1. The van der Waals surface area contributed by atoms with Gasteiger partial charge in [-0.25, -0.2) is 0 Å². The van der Waals surface area contributed by atoms with E-state index in [-0.39, 0.29) is 12.0 Å². The Bertz CT molecular complexity index is 753. The van der Waals surface area contributed by atoms with Gasteiger partial charge in [-0.15, -0.1) is 0 Å². The van der Waals surface area contributed by atoms with E-state index < -0.39 is 0 Å². The molecule has 2 atom stereocenters. The van der Waals surface area contributed by atoms with E-state index in [9.17, 15) is 4.79 Å². The summed E-state index contributed by atoms with van der Waals surface area (Å²) in [6.45, 7) is 6.65. The van der Waals surface area contributed by atoms with Gasteiger partial charge in [0.15, 0.2) is 0 Å². The van der Waals surface area contributed by atoms with Gasteiger partial charge in [-0.1, -0.05) is 0 Å². The number of hydrogen-bond donors (Lipinski definition) is 0. The fraction of sp³-hybridized carbons (Fsp3) is 0.556. The maximum atomic E-state index is 12.7. The van der Waals surface area contributed by atoms with E-state index in [1.165, 1.54) is 5.56 Å².